The topological polar surface area (TPSA) is 124 Å². The van der Waals surface area contributed by atoms with Crippen molar-refractivity contribution in [2.24, 2.45) is 5.92 Å². The number of nitrogen functional groups attached to an aromatic ring is 1. The average Bonchev–Trinajstić information content (AvgIpc) is 2.61. The van der Waals surface area contributed by atoms with Crippen molar-refractivity contribution in [3.63, 3.8) is 0 Å². The number of aromatic nitrogens is 2. The Morgan fingerprint density at radius 2 is 2.12 bits per heavy atom. The predicted molar refractivity (Wildman–Crippen MR) is 100.0 cm³/mol. The standard InChI is InChI=1S/C18H23FN4O3/c1-2-11(10-24)15(25)9-21-16-13(17(26)23-18(20)22-16)8-7-12-5-3-4-6-14(12)19/h3-8,11,15,24-25H,2,9-10H2,1H3,(H4,20,21,22,23,26)/b8-7+/t11-,15+/m1/s1. The lowest BCUT2D eigenvalue weighted by molar-refractivity contribution is 0.0742. The van der Waals surface area contributed by atoms with Gasteiger partial charge in [0.25, 0.3) is 5.56 Å². The molecule has 0 radical (unpaired) electrons. The third kappa shape index (κ3) is 4.90. The maximum Gasteiger partial charge on any atom is 0.261 e. The number of aliphatic hydroxyl groups is 2. The van der Waals surface area contributed by atoms with Crippen molar-refractivity contribution >= 4 is 23.9 Å². The minimum absolute atomic E-state index is 0.0789. The van der Waals surface area contributed by atoms with Crippen LogP contribution >= 0.6 is 0 Å². The Bertz CT molecular complexity index is 818. The summed E-state index contributed by atoms with van der Waals surface area (Å²) in [6.45, 7) is 1.79. The number of halogens is 1. The lowest BCUT2D eigenvalue weighted by atomic mass is 10.0. The van der Waals surface area contributed by atoms with Gasteiger partial charge in [0.15, 0.2) is 0 Å². The molecule has 2 atom stereocenters. The van der Waals surface area contributed by atoms with Crippen LogP contribution in [-0.2, 0) is 0 Å². The van der Waals surface area contributed by atoms with Crippen molar-refractivity contribution in [2.75, 3.05) is 24.2 Å². The maximum atomic E-state index is 13.7. The summed E-state index contributed by atoms with van der Waals surface area (Å²) in [7, 11) is 0. The molecule has 26 heavy (non-hydrogen) atoms. The van der Waals surface area contributed by atoms with Gasteiger partial charge in [-0.15, -0.1) is 0 Å². The largest absolute Gasteiger partial charge is 0.396 e. The first-order valence-electron chi connectivity index (χ1n) is 8.31. The van der Waals surface area contributed by atoms with Crippen LogP contribution in [-0.4, -0.2) is 39.4 Å². The second kappa shape index (κ2) is 9.12. The molecule has 6 N–H and O–H groups in total. The summed E-state index contributed by atoms with van der Waals surface area (Å²) in [6.07, 6.45) is 2.67. The van der Waals surface area contributed by atoms with Crippen molar-refractivity contribution < 1.29 is 14.6 Å². The monoisotopic (exact) mass is 362 g/mol. The normalized spacial score (nSPS) is 13.7. The number of benzene rings is 1. The minimum Gasteiger partial charge on any atom is -0.396 e. The van der Waals surface area contributed by atoms with Gasteiger partial charge >= 0.3 is 0 Å². The molecular weight excluding hydrogens is 339 g/mol. The van der Waals surface area contributed by atoms with Crippen molar-refractivity contribution in [3.8, 4) is 0 Å². The molecule has 0 aliphatic carbocycles. The Kier molecular flexibility index (Phi) is 6.88. The molecule has 0 saturated carbocycles. The highest BCUT2D eigenvalue weighted by Gasteiger charge is 2.17. The Balaban J connectivity index is 2.26. The van der Waals surface area contributed by atoms with E-state index in [-0.39, 0.29) is 36.4 Å². The summed E-state index contributed by atoms with van der Waals surface area (Å²) in [4.78, 5) is 18.6. The van der Waals surface area contributed by atoms with Crippen LogP contribution in [0.2, 0.25) is 0 Å². The van der Waals surface area contributed by atoms with Gasteiger partial charge < -0.3 is 21.3 Å². The highest BCUT2D eigenvalue weighted by molar-refractivity contribution is 5.75. The van der Waals surface area contributed by atoms with Gasteiger partial charge in [-0.2, -0.15) is 4.98 Å². The SMILES string of the molecule is CC[C@H](CO)[C@@H](O)CNc1nc(N)[nH]c(=O)c1/C=C/c1ccccc1F. The van der Waals surface area contributed by atoms with Crippen LogP contribution in [0.5, 0.6) is 0 Å². The summed E-state index contributed by atoms with van der Waals surface area (Å²) in [5.41, 5.74) is 5.57. The first-order chi connectivity index (χ1) is 12.5. The van der Waals surface area contributed by atoms with E-state index in [2.05, 4.69) is 15.3 Å². The van der Waals surface area contributed by atoms with E-state index in [0.717, 1.165) is 0 Å². The molecule has 1 heterocycles. The second-order valence-corrected chi connectivity index (χ2v) is 5.87. The summed E-state index contributed by atoms with van der Waals surface area (Å²) in [5.74, 6) is -0.614. The number of nitrogens with zero attached hydrogens (tertiary/aromatic N) is 1. The predicted octanol–water partition coefficient (Wildman–Crippen LogP) is 1.45. The van der Waals surface area contributed by atoms with Crippen LogP contribution in [0.25, 0.3) is 12.2 Å². The van der Waals surface area contributed by atoms with E-state index in [9.17, 15) is 19.4 Å². The van der Waals surface area contributed by atoms with Crippen LogP contribution in [0.15, 0.2) is 29.1 Å². The van der Waals surface area contributed by atoms with Crippen molar-refractivity contribution in [2.45, 2.75) is 19.4 Å². The Labute approximate surface area is 150 Å². The van der Waals surface area contributed by atoms with Crippen LogP contribution < -0.4 is 16.6 Å². The summed E-state index contributed by atoms with van der Waals surface area (Å²) in [5, 5.41) is 22.2. The molecule has 0 aliphatic rings. The van der Waals surface area contributed by atoms with E-state index >= 15 is 0 Å². The van der Waals surface area contributed by atoms with Gasteiger partial charge in [0.2, 0.25) is 5.95 Å². The summed E-state index contributed by atoms with van der Waals surface area (Å²) >= 11 is 0. The number of nitrogens with two attached hydrogens (primary N) is 1. The molecule has 1 aromatic carbocycles. The third-order valence-electron chi connectivity index (χ3n) is 4.09. The maximum absolute atomic E-state index is 13.7. The molecule has 0 saturated heterocycles. The number of nitrogens with one attached hydrogen (secondary N) is 2. The van der Waals surface area contributed by atoms with Crippen molar-refractivity contribution in [1.82, 2.24) is 9.97 Å². The lowest BCUT2D eigenvalue weighted by Gasteiger charge is -2.20. The van der Waals surface area contributed by atoms with Gasteiger partial charge in [0, 0.05) is 24.6 Å². The number of aliphatic hydroxyl groups excluding tert-OH is 2. The number of rotatable bonds is 8. The van der Waals surface area contributed by atoms with Gasteiger partial charge in [-0.05, 0) is 18.6 Å². The fourth-order valence-electron chi connectivity index (χ4n) is 2.46. The summed E-state index contributed by atoms with van der Waals surface area (Å²) < 4.78 is 13.7. The van der Waals surface area contributed by atoms with Gasteiger partial charge in [-0.3, -0.25) is 9.78 Å². The summed E-state index contributed by atoms with van der Waals surface area (Å²) in [6, 6.07) is 6.16. The number of hydrogen-bond donors (Lipinski definition) is 5. The van der Waals surface area contributed by atoms with Crippen LogP contribution in [0, 0.1) is 11.7 Å². The van der Waals surface area contributed by atoms with Crippen LogP contribution in [0.1, 0.15) is 24.5 Å². The molecular formula is C18H23FN4O3. The van der Waals surface area contributed by atoms with Crippen molar-refractivity contribution in [3.05, 3.63) is 51.6 Å². The average molecular weight is 362 g/mol. The zero-order valence-electron chi connectivity index (χ0n) is 14.4. The molecule has 2 aromatic rings. The van der Waals surface area contributed by atoms with E-state index in [1.54, 1.807) is 18.2 Å². The number of aromatic amines is 1. The van der Waals surface area contributed by atoms with E-state index in [1.165, 1.54) is 18.2 Å². The highest BCUT2D eigenvalue weighted by Crippen LogP contribution is 2.16. The molecule has 0 fully saturated rings. The van der Waals surface area contributed by atoms with Gasteiger partial charge in [0.1, 0.15) is 11.6 Å². The quantitative estimate of drug-likeness (QED) is 0.484. The molecule has 0 amide bonds. The number of anilines is 2. The Morgan fingerprint density at radius 1 is 1.38 bits per heavy atom. The van der Waals surface area contributed by atoms with Gasteiger partial charge in [-0.25, -0.2) is 4.39 Å². The zero-order valence-corrected chi connectivity index (χ0v) is 14.4. The number of H-pyrrole nitrogens is 1. The molecule has 0 spiro atoms. The first kappa shape index (κ1) is 19.6. The zero-order chi connectivity index (χ0) is 19.1. The van der Waals surface area contributed by atoms with Crippen LogP contribution in [0.4, 0.5) is 16.2 Å². The molecule has 7 nitrogen and oxygen atoms in total. The van der Waals surface area contributed by atoms with E-state index in [0.29, 0.717) is 12.0 Å². The molecule has 8 heteroatoms. The van der Waals surface area contributed by atoms with Gasteiger partial charge in [0.05, 0.1) is 11.7 Å². The Hall–Kier alpha value is -2.71. The van der Waals surface area contributed by atoms with Crippen molar-refractivity contribution in [1.29, 1.82) is 0 Å². The van der Waals surface area contributed by atoms with E-state index in [1.807, 2.05) is 6.92 Å². The fourth-order valence-corrected chi connectivity index (χ4v) is 2.46. The van der Waals surface area contributed by atoms with Gasteiger partial charge in [-0.1, -0.05) is 31.2 Å². The third-order valence-corrected chi connectivity index (χ3v) is 4.09. The first-order valence-corrected chi connectivity index (χ1v) is 8.31. The van der Waals surface area contributed by atoms with Crippen LogP contribution in [0.3, 0.4) is 0 Å². The lowest BCUT2D eigenvalue weighted by Crippen LogP contribution is -2.31. The Morgan fingerprint density at radius 3 is 2.77 bits per heavy atom. The van der Waals surface area contributed by atoms with E-state index in [4.69, 9.17) is 5.73 Å². The molecule has 1 aromatic heterocycles. The molecule has 0 unspecified atom stereocenters. The smallest absolute Gasteiger partial charge is 0.261 e. The second-order valence-electron chi connectivity index (χ2n) is 5.87. The molecule has 140 valence electrons. The molecule has 2 rings (SSSR count). The fraction of sp³-hybridized carbons (Fsp3) is 0.333. The minimum atomic E-state index is -0.823. The molecule has 0 aliphatic heterocycles. The highest BCUT2D eigenvalue weighted by atomic mass is 19.1. The number of hydrogen-bond acceptors (Lipinski definition) is 6. The van der Waals surface area contributed by atoms with E-state index < -0.39 is 17.5 Å². The molecule has 0 bridgehead atoms.